The van der Waals surface area contributed by atoms with Gasteiger partial charge in [-0.1, -0.05) is 32.1 Å². The van der Waals surface area contributed by atoms with Crippen molar-refractivity contribution in [1.82, 2.24) is 0 Å². The van der Waals surface area contributed by atoms with Crippen LogP contribution in [0.2, 0.25) is 0 Å². The van der Waals surface area contributed by atoms with Crippen molar-refractivity contribution in [1.29, 1.82) is 0 Å². The molecule has 2 heteroatoms. The molecule has 0 spiro atoms. The van der Waals surface area contributed by atoms with Crippen LogP contribution in [-0.2, 0) is 0 Å². The van der Waals surface area contributed by atoms with Gasteiger partial charge in [-0.25, -0.2) is 0 Å². The van der Waals surface area contributed by atoms with E-state index in [9.17, 15) is 0 Å². The first-order valence-electron chi connectivity index (χ1n) is 6.69. The minimum Gasteiger partial charge on any atom is -0.497 e. The molecule has 0 bridgehead atoms. The Labute approximate surface area is 109 Å². The highest BCUT2D eigenvalue weighted by Gasteiger charge is 2.12. The Morgan fingerprint density at radius 1 is 0.941 bits per heavy atom. The second-order valence-electron chi connectivity index (χ2n) is 4.76. The number of thioether (sulfide) groups is 1. The second-order valence-corrected chi connectivity index (χ2v) is 6.13. The van der Waals surface area contributed by atoms with Crippen molar-refractivity contribution in [3.05, 3.63) is 24.3 Å². The summed E-state index contributed by atoms with van der Waals surface area (Å²) in [4.78, 5) is 1.39. The summed E-state index contributed by atoms with van der Waals surface area (Å²) in [5, 5.41) is 0.823. The molecule has 0 heterocycles. The molecule has 1 fully saturated rings. The van der Waals surface area contributed by atoms with E-state index in [1.165, 1.54) is 49.8 Å². The summed E-state index contributed by atoms with van der Waals surface area (Å²) >= 11 is 2.05. The molecule has 1 aliphatic rings. The smallest absolute Gasteiger partial charge is 0.118 e. The molecule has 1 aromatic carbocycles. The van der Waals surface area contributed by atoms with Gasteiger partial charge in [0.1, 0.15) is 5.75 Å². The molecule has 0 amide bonds. The Hall–Kier alpha value is -0.630. The number of methoxy groups -OCH3 is 1. The number of benzene rings is 1. The van der Waals surface area contributed by atoms with Crippen molar-refractivity contribution in [2.75, 3.05) is 7.11 Å². The molecule has 0 atom stereocenters. The van der Waals surface area contributed by atoms with Crippen molar-refractivity contribution in [3.8, 4) is 5.75 Å². The normalized spacial score (nSPS) is 18.4. The average molecular weight is 250 g/mol. The largest absolute Gasteiger partial charge is 0.497 e. The summed E-state index contributed by atoms with van der Waals surface area (Å²) in [5.74, 6) is 0.951. The molecule has 1 nitrogen and oxygen atoms in total. The van der Waals surface area contributed by atoms with E-state index in [4.69, 9.17) is 4.74 Å². The first-order chi connectivity index (χ1) is 8.38. The van der Waals surface area contributed by atoms with Crippen molar-refractivity contribution in [2.45, 2.75) is 55.1 Å². The Morgan fingerprint density at radius 3 is 2.12 bits per heavy atom. The third-order valence-electron chi connectivity index (χ3n) is 3.41. The fourth-order valence-corrected chi connectivity index (χ4v) is 3.63. The monoisotopic (exact) mass is 250 g/mol. The van der Waals surface area contributed by atoms with Crippen molar-refractivity contribution in [2.24, 2.45) is 0 Å². The molecular formula is C15H22OS. The lowest BCUT2D eigenvalue weighted by molar-refractivity contribution is 0.414. The van der Waals surface area contributed by atoms with E-state index in [1.54, 1.807) is 7.11 Å². The van der Waals surface area contributed by atoms with Crippen LogP contribution in [0, 0.1) is 0 Å². The van der Waals surface area contributed by atoms with E-state index in [0.29, 0.717) is 0 Å². The number of hydrogen-bond acceptors (Lipinski definition) is 2. The molecule has 17 heavy (non-hydrogen) atoms. The predicted octanol–water partition coefficient (Wildman–Crippen LogP) is 4.90. The van der Waals surface area contributed by atoms with Crippen molar-refractivity contribution >= 4 is 11.8 Å². The van der Waals surface area contributed by atoms with Crippen LogP contribution in [0.25, 0.3) is 0 Å². The minimum atomic E-state index is 0.823. The Balaban J connectivity index is 1.88. The molecule has 0 N–H and O–H groups in total. The zero-order valence-electron chi connectivity index (χ0n) is 10.7. The van der Waals surface area contributed by atoms with Crippen LogP contribution in [0.4, 0.5) is 0 Å². The molecular weight excluding hydrogens is 228 g/mol. The van der Waals surface area contributed by atoms with Crippen molar-refractivity contribution in [3.63, 3.8) is 0 Å². The van der Waals surface area contributed by atoms with Gasteiger partial charge in [-0.05, 0) is 37.1 Å². The van der Waals surface area contributed by atoms with Crippen LogP contribution in [0.1, 0.15) is 44.9 Å². The van der Waals surface area contributed by atoms with Crippen LogP contribution in [-0.4, -0.2) is 12.4 Å². The Bertz CT molecular complexity index is 312. The first-order valence-corrected chi connectivity index (χ1v) is 7.57. The van der Waals surface area contributed by atoms with Gasteiger partial charge in [0.25, 0.3) is 0 Å². The van der Waals surface area contributed by atoms with Gasteiger partial charge in [-0.15, -0.1) is 11.8 Å². The maximum atomic E-state index is 5.19. The van der Waals surface area contributed by atoms with Crippen LogP contribution in [0.5, 0.6) is 5.75 Å². The van der Waals surface area contributed by atoms with Gasteiger partial charge in [0, 0.05) is 10.1 Å². The Kier molecular flexibility index (Phi) is 5.24. The fourth-order valence-electron chi connectivity index (χ4n) is 2.38. The molecule has 0 radical (unpaired) electrons. The van der Waals surface area contributed by atoms with Gasteiger partial charge in [0.05, 0.1) is 7.11 Å². The van der Waals surface area contributed by atoms with E-state index in [1.807, 2.05) is 0 Å². The summed E-state index contributed by atoms with van der Waals surface area (Å²) in [6.45, 7) is 0. The summed E-state index contributed by atoms with van der Waals surface area (Å²) in [7, 11) is 1.72. The number of ether oxygens (including phenoxy) is 1. The maximum Gasteiger partial charge on any atom is 0.118 e. The SMILES string of the molecule is COc1ccc(SC2CCCCCCC2)cc1. The van der Waals surface area contributed by atoms with E-state index < -0.39 is 0 Å². The third kappa shape index (κ3) is 4.27. The first kappa shape index (κ1) is 12.8. The van der Waals surface area contributed by atoms with Gasteiger partial charge in [0.2, 0.25) is 0 Å². The molecule has 1 aromatic rings. The maximum absolute atomic E-state index is 5.19. The van der Waals surface area contributed by atoms with E-state index in [-0.39, 0.29) is 0 Å². The fraction of sp³-hybridized carbons (Fsp3) is 0.600. The van der Waals surface area contributed by atoms with Gasteiger partial charge in [-0.3, -0.25) is 0 Å². The number of rotatable bonds is 3. The molecule has 2 rings (SSSR count). The van der Waals surface area contributed by atoms with Gasteiger partial charge >= 0.3 is 0 Å². The van der Waals surface area contributed by atoms with E-state index >= 15 is 0 Å². The topological polar surface area (TPSA) is 9.23 Å². The highest BCUT2D eigenvalue weighted by Crippen LogP contribution is 2.32. The zero-order chi connectivity index (χ0) is 11.9. The van der Waals surface area contributed by atoms with E-state index in [0.717, 1.165) is 11.0 Å². The Morgan fingerprint density at radius 2 is 1.53 bits per heavy atom. The summed E-state index contributed by atoms with van der Waals surface area (Å²) in [6.07, 6.45) is 9.90. The number of hydrogen-bond donors (Lipinski definition) is 0. The molecule has 0 saturated heterocycles. The lowest BCUT2D eigenvalue weighted by Gasteiger charge is -2.19. The van der Waals surface area contributed by atoms with Crippen LogP contribution >= 0.6 is 11.8 Å². The lowest BCUT2D eigenvalue weighted by Crippen LogP contribution is -2.05. The second kappa shape index (κ2) is 6.95. The third-order valence-corrected chi connectivity index (χ3v) is 4.76. The highest BCUT2D eigenvalue weighted by atomic mass is 32.2. The molecule has 0 unspecified atom stereocenters. The lowest BCUT2D eigenvalue weighted by atomic mass is 10.0. The summed E-state index contributed by atoms with van der Waals surface area (Å²) in [5.41, 5.74) is 0. The molecule has 0 aliphatic heterocycles. The standard InChI is InChI=1S/C15H22OS/c1-16-13-9-11-15(12-10-13)17-14-7-5-3-2-4-6-8-14/h9-12,14H,2-8H2,1H3. The van der Waals surface area contributed by atoms with Gasteiger partial charge in [0.15, 0.2) is 0 Å². The average Bonchev–Trinajstić information content (AvgIpc) is 2.33. The molecule has 1 aliphatic carbocycles. The van der Waals surface area contributed by atoms with Gasteiger partial charge in [-0.2, -0.15) is 0 Å². The van der Waals surface area contributed by atoms with Crippen LogP contribution in [0.15, 0.2) is 29.2 Å². The van der Waals surface area contributed by atoms with Gasteiger partial charge < -0.3 is 4.74 Å². The quantitative estimate of drug-likeness (QED) is 0.754. The van der Waals surface area contributed by atoms with E-state index in [2.05, 4.69) is 36.0 Å². The molecule has 0 aromatic heterocycles. The summed E-state index contributed by atoms with van der Waals surface area (Å²) < 4.78 is 5.19. The van der Waals surface area contributed by atoms with Crippen LogP contribution < -0.4 is 4.74 Å². The summed E-state index contributed by atoms with van der Waals surface area (Å²) in [6, 6.07) is 8.49. The molecule has 1 saturated carbocycles. The highest BCUT2D eigenvalue weighted by molar-refractivity contribution is 8.00. The van der Waals surface area contributed by atoms with Crippen molar-refractivity contribution < 1.29 is 4.74 Å². The van der Waals surface area contributed by atoms with Crippen LogP contribution in [0.3, 0.4) is 0 Å². The minimum absolute atomic E-state index is 0.823. The predicted molar refractivity (Wildman–Crippen MR) is 75.0 cm³/mol. The zero-order valence-corrected chi connectivity index (χ0v) is 11.5. The molecule has 94 valence electrons.